The highest BCUT2D eigenvalue weighted by atomic mass is 127. The third kappa shape index (κ3) is 7.63. The van der Waals surface area contributed by atoms with Crippen LogP contribution in [0.1, 0.15) is 19.8 Å². The molecule has 0 aromatic heterocycles. The number of aliphatic imine (C=N–C) groups is 1. The molecule has 2 rings (SSSR count). The first-order valence-electron chi connectivity index (χ1n) is 8.76. The smallest absolute Gasteiger partial charge is 0.191 e. The average molecular weight is 481 g/mol. The molecule has 0 bridgehead atoms. The molecule has 6 nitrogen and oxygen atoms in total. The zero-order chi connectivity index (χ0) is 18.0. The van der Waals surface area contributed by atoms with Gasteiger partial charge in [0.1, 0.15) is 18.2 Å². The molecule has 1 unspecified atom stereocenters. The van der Waals surface area contributed by atoms with Crippen molar-refractivity contribution >= 4 is 29.9 Å². The Morgan fingerprint density at radius 2 is 2.27 bits per heavy atom. The quantitative estimate of drug-likeness (QED) is 0.218. The minimum atomic E-state index is -0.312. The molecule has 1 saturated heterocycles. The van der Waals surface area contributed by atoms with E-state index in [0.717, 1.165) is 19.6 Å². The normalized spacial score (nSPS) is 19.7. The summed E-state index contributed by atoms with van der Waals surface area (Å²) in [7, 11) is 0. The Balaban J connectivity index is 0.00000338. The summed E-state index contributed by atoms with van der Waals surface area (Å²) in [6, 6.07) is 6.09. The van der Waals surface area contributed by atoms with Gasteiger partial charge in [-0.1, -0.05) is 6.07 Å². The fraction of sp³-hybridized carbons (Fsp3) is 0.611. The first-order valence-corrected chi connectivity index (χ1v) is 8.76. The summed E-state index contributed by atoms with van der Waals surface area (Å²) in [5, 5.41) is 15.7. The van der Waals surface area contributed by atoms with Crippen molar-refractivity contribution in [2.75, 3.05) is 46.1 Å². The molecule has 0 radical (unpaired) electrons. The van der Waals surface area contributed by atoms with Gasteiger partial charge in [-0.05, 0) is 31.9 Å². The lowest BCUT2D eigenvalue weighted by atomic mass is 9.84. The van der Waals surface area contributed by atoms with Gasteiger partial charge in [-0.3, -0.25) is 4.99 Å². The summed E-state index contributed by atoms with van der Waals surface area (Å²) in [5.74, 6) is 0.900. The average Bonchev–Trinajstić information content (AvgIpc) is 3.06. The molecular weight excluding hydrogens is 452 g/mol. The molecule has 3 N–H and O–H groups in total. The summed E-state index contributed by atoms with van der Waals surface area (Å²) >= 11 is 0. The van der Waals surface area contributed by atoms with Crippen LogP contribution in [0.25, 0.3) is 0 Å². The number of nitrogens with zero attached hydrogens (tertiary/aromatic N) is 1. The number of guanidine groups is 1. The van der Waals surface area contributed by atoms with Crippen molar-refractivity contribution in [1.82, 2.24) is 10.6 Å². The maximum Gasteiger partial charge on any atom is 0.191 e. The van der Waals surface area contributed by atoms with Crippen molar-refractivity contribution in [3.8, 4) is 5.75 Å². The molecule has 1 heterocycles. The molecule has 0 spiro atoms. The van der Waals surface area contributed by atoms with Gasteiger partial charge in [-0.2, -0.15) is 0 Å². The Hall–Kier alpha value is -1.13. The number of hydrogen-bond acceptors (Lipinski definition) is 4. The predicted octanol–water partition coefficient (Wildman–Crippen LogP) is 2.17. The zero-order valence-electron chi connectivity index (χ0n) is 15.2. The van der Waals surface area contributed by atoms with Crippen molar-refractivity contribution in [1.29, 1.82) is 0 Å². The molecule has 0 saturated carbocycles. The summed E-state index contributed by atoms with van der Waals surface area (Å²) in [6.07, 6.45) is 1.61. The Kier molecular flexibility index (Phi) is 10.8. The molecule has 0 aliphatic carbocycles. The highest BCUT2D eigenvalue weighted by Gasteiger charge is 2.34. The summed E-state index contributed by atoms with van der Waals surface area (Å²) < 4.78 is 24.1. The fourth-order valence-corrected chi connectivity index (χ4v) is 2.77. The number of hydrogen-bond donors (Lipinski definition) is 3. The molecular formula is C18H29FIN3O3. The second kappa shape index (κ2) is 12.3. The Morgan fingerprint density at radius 1 is 1.42 bits per heavy atom. The maximum absolute atomic E-state index is 13.1. The number of aliphatic hydroxyl groups is 1. The van der Waals surface area contributed by atoms with E-state index in [1.165, 1.54) is 12.1 Å². The van der Waals surface area contributed by atoms with Crippen molar-refractivity contribution in [2.45, 2.75) is 19.8 Å². The molecule has 1 atom stereocenters. The van der Waals surface area contributed by atoms with Gasteiger partial charge >= 0.3 is 0 Å². The van der Waals surface area contributed by atoms with Gasteiger partial charge in [0.25, 0.3) is 0 Å². The van der Waals surface area contributed by atoms with Crippen LogP contribution in [0.5, 0.6) is 5.75 Å². The number of benzene rings is 1. The van der Waals surface area contributed by atoms with Crippen LogP contribution in [0, 0.1) is 11.2 Å². The first-order chi connectivity index (χ1) is 12.2. The van der Waals surface area contributed by atoms with Crippen LogP contribution in [0.2, 0.25) is 0 Å². The van der Waals surface area contributed by atoms with Crippen molar-refractivity contribution in [3.05, 3.63) is 30.1 Å². The van der Waals surface area contributed by atoms with Gasteiger partial charge in [-0.15, -0.1) is 24.0 Å². The van der Waals surface area contributed by atoms with E-state index in [2.05, 4.69) is 15.6 Å². The maximum atomic E-state index is 13.1. The lowest BCUT2D eigenvalue weighted by molar-refractivity contribution is 0.131. The van der Waals surface area contributed by atoms with Crippen LogP contribution in [0.15, 0.2) is 29.3 Å². The molecule has 26 heavy (non-hydrogen) atoms. The highest BCUT2D eigenvalue weighted by molar-refractivity contribution is 14.0. The van der Waals surface area contributed by atoms with Gasteiger partial charge < -0.3 is 25.2 Å². The Labute approximate surface area is 171 Å². The predicted molar refractivity (Wildman–Crippen MR) is 111 cm³/mol. The van der Waals surface area contributed by atoms with E-state index in [1.807, 2.05) is 6.92 Å². The van der Waals surface area contributed by atoms with E-state index in [4.69, 9.17) is 9.47 Å². The van der Waals surface area contributed by atoms with E-state index < -0.39 is 0 Å². The fourth-order valence-electron chi connectivity index (χ4n) is 2.77. The Bertz CT molecular complexity index is 554. The van der Waals surface area contributed by atoms with Gasteiger partial charge in [0, 0.05) is 31.2 Å². The molecule has 1 fully saturated rings. The lowest BCUT2D eigenvalue weighted by Gasteiger charge is -2.24. The molecule has 1 aliphatic rings. The first kappa shape index (κ1) is 22.9. The SMILES string of the molecule is CCNC(=NCC1(CCO)CCOC1)NCCOc1cccc(F)c1.I. The molecule has 8 heteroatoms. The van der Waals surface area contributed by atoms with E-state index in [9.17, 15) is 9.50 Å². The number of ether oxygens (including phenoxy) is 2. The summed E-state index contributed by atoms with van der Waals surface area (Å²) in [6.45, 7) is 5.81. The van der Waals surface area contributed by atoms with Crippen LogP contribution >= 0.6 is 24.0 Å². The molecule has 1 aliphatic heterocycles. The van der Waals surface area contributed by atoms with Crippen LogP contribution in [-0.4, -0.2) is 57.1 Å². The summed E-state index contributed by atoms with van der Waals surface area (Å²) in [4.78, 5) is 4.63. The topological polar surface area (TPSA) is 75.1 Å². The standard InChI is InChI=1S/C18H28FN3O3.HI/c1-2-20-17(22-13-18(6-9-23)7-10-24-14-18)21-8-11-25-16-5-3-4-15(19)12-16;/h3-5,12,23H,2,6-11,13-14H2,1H3,(H2,20,21,22);1H. The third-order valence-corrected chi connectivity index (χ3v) is 4.20. The van der Waals surface area contributed by atoms with Crippen LogP contribution < -0.4 is 15.4 Å². The van der Waals surface area contributed by atoms with E-state index >= 15 is 0 Å². The minimum absolute atomic E-state index is 0. The van der Waals surface area contributed by atoms with Crippen molar-refractivity contribution in [3.63, 3.8) is 0 Å². The van der Waals surface area contributed by atoms with Gasteiger partial charge in [0.05, 0.1) is 19.7 Å². The molecule has 148 valence electrons. The largest absolute Gasteiger partial charge is 0.492 e. The van der Waals surface area contributed by atoms with Crippen LogP contribution in [0.3, 0.4) is 0 Å². The second-order valence-electron chi connectivity index (χ2n) is 6.20. The number of aliphatic hydroxyl groups excluding tert-OH is 1. The van der Waals surface area contributed by atoms with E-state index in [-0.39, 0.29) is 41.8 Å². The van der Waals surface area contributed by atoms with Crippen molar-refractivity contribution in [2.24, 2.45) is 10.4 Å². The van der Waals surface area contributed by atoms with Gasteiger partial charge in [0.2, 0.25) is 0 Å². The van der Waals surface area contributed by atoms with Gasteiger partial charge in [-0.25, -0.2) is 4.39 Å². The van der Waals surface area contributed by atoms with Crippen LogP contribution in [0.4, 0.5) is 4.39 Å². The van der Waals surface area contributed by atoms with Gasteiger partial charge in [0.15, 0.2) is 5.96 Å². The monoisotopic (exact) mass is 481 g/mol. The van der Waals surface area contributed by atoms with Crippen LogP contribution in [-0.2, 0) is 4.74 Å². The van der Waals surface area contributed by atoms with Crippen molar-refractivity contribution < 1.29 is 19.0 Å². The van der Waals surface area contributed by atoms with E-state index in [0.29, 0.717) is 44.4 Å². The molecule has 0 amide bonds. The molecule has 1 aromatic rings. The Morgan fingerprint density at radius 3 is 2.92 bits per heavy atom. The highest BCUT2D eigenvalue weighted by Crippen LogP contribution is 2.32. The summed E-state index contributed by atoms with van der Waals surface area (Å²) in [5.41, 5.74) is -0.0742. The van der Waals surface area contributed by atoms with E-state index in [1.54, 1.807) is 12.1 Å². The lowest BCUT2D eigenvalue weighted by Crippen LogP contribution is -2.40. The second-order valence-corrected chi connectivity index (χ2v) is 6.20. The number of halogens is 2. The number of nitrogens with one attached hydrogen (secondary N) is 2. The third-order valence-electron chi connectivity index (χ3n) is 4.20. The molecule has 1 aromatic carbocycles. The number of rotatable bonds is 9. The minimum Gasteiger partial charge on any atom is -0.492 e. The zero-order valence-corrected chi connectivity index (χ0v) is 17.5.